The van der Waals surface area contributed by atoms with Crippen molar-refractivity contribution in [2.75, 3.05) is 25.4 Å². The molecular formula is C29H37N9O10S2. The summed E-state index contributed by atoms with van der Waals surface area (Å²) in [5, 5.41) is 24.9. The Morgan fingerprint density at radius 1 is 1.34 bits per heavy atom. The second-order valence-corrected chi connectivity index (χ2v) is 14.1. The van der Waals surface area contributed by atoms with Crippen LogP contribution in [0.15, 0.2) is 39.9 Å². The van der Waals surface area contributed by atoms with Gasteiger partial charge < -0.3 is 42.1 Å². The quantitative estimate of drug-likeness (QED) is 0.0460. The van der Waals surface area contributed by atoms with E-state index < -0.39 is 57.2 Å². The Balaban J connectivity index is 1.33. The second kappa shape index (κ2) is 14.2. The number of aryl methyl sites for hydroxylation is 1. The molecular weight excluding hydrogens is 699 g/mol. The van der Waals surface area contributed by atoms with Crippen LogP contribution < -0.4 is 32.2 Å². The number of aliphatic imine (C=N–C) groups is 1. The number of guanidine groups is 1. The van der Waals surface area contributed by atoms with Gasteiger partial charge in [-0.2, -0.15) is 13.5 Å². The first-order chi connectivity index (χ1) is 23.5. The van der Waals surface area contributed by atoms with Crippen molar-refractivity contribution in [3.63, 3.8) is 0 Å². The average molecular weight is 736 g/mol. The van der Waals surface area contributed by atoms with Gasteiger partial charge in [-0.15, -0.1) is 15.6 Å². The normalized spacial score (nSPS) is 21.3. The zero-order chi connectivity index (χ0) is 36.4. The minimum Gasteiger partial charge on any atom is -0.485 e. The third-order valence-corrected chi connectivity index (χ3v) is 9.32. The number of nitrogens with two attached hydrogens (primary N) is 2. The molecule has 1 fully saturated rings. The van der Waals surface area contributed by atoms with Crippen LogP contribution in [0.1, 0.15) is 50.4 Å². The van der Waals surface area contributed by atoms with E-state index in [1.807, 2.05) is 12.1 Å². The number of rotatable bonds is 13. The van der Waals surface area contributed by atoms with Crippen LogP contribution in [0.5, 0.6) is 5.75 Å². The number of aromatic nitrogens is 1. The van der Waals surface area contributed by atoms with Crippen LogP contribution in [-0.4, -0.2) is 100 Å². The van der Waals surface area contributed by atoms with Gasteiger partial charge in [0.15, 0.2) is 22.9 Å². The van der Waals surface area contributed by atoms with Gasteiger partial charge in [-0.3, -0.25) is 14.1 Å². The first-order valence-electron chi connectivity index (χ1n) is 15.3. The van der Waals surface area contributed by atoms with Gasteiger partial charge in [0, 0.05) is 24.7 Å². The van der Waals surface area contributed by atoms with Crippen LogP contribution in [0.3, 0.4) is 0 Å². The van der Waals surface area contributed by atoms with Crippen LogP contribution in [0.2, 0.25) is 0 Å². The number of fused-ring (bicyclic) bond motifs is 1. The number of nitrogens with zero attached hydrogens (tertiary/aromatic N) is 4. The monoisotopic (exact) mass is 735 g/mol. The smallest absolute Gasteiger partial charge is 0.418 e. The summed E-state index contributed by atoms with van der Waals surface area (Å²) < 4.78 is 41.8. The number of oxime groups is 1. The Bertz CT molecular complexity index is 1880. The Morgan fingerprint density at radius 3 is 2.70 bits per heavy atom. The molecule has 0 spiro atoms. The summed E-state index contributed by atoms with van der Waals surface area (Å²) in [5.74, 6) is -2.31. The summed E-state index contributed by atoms with van der Waals surface area (Å²) in [6, 6.07) is 4.21. The number of carbonyl (C=O) groups is 3. The van der Waals surface area contributed by atoms with E-state index in [4.69, 9.17) is 25.6 Å². The Hall–Kier alpha value is -4.83. The Labute approximate surface area is 290 Å². The van der Waals surface area contributed by atoms with Gasteiger partial charge in [-0.05, 0) is 75.4 Å². The highest BCUT2D eigenvalue weighted by Gasteiger charge is 2.58. The molecule has 9 N–H and O–H groups in total. The molecule has 21 heteroatoms. The molecule has 1 aromatic heterocycles. The van der Waals surface area contributed by atoms with Crippen molar-refractivity contribution in [2.24, 2.45) is 15.9 Å². The second-order valence-electron chi connectivity index (χ2n) is 12.2. The highest BCUT2D eigenvalue weighted by atomic mass is 32.3. The number of thiazole rings is 1. The van der Waals surface area contributed by atoms with E-state index in [9.17, 15) is 27.9 Å². The SMILES string of the molecule is CC1(C)[C@H](NC(=O)/C(=N\O[C@](C)(C(=O)O)[C@H]2CCc3cc(C4=CN=C(NCCCN)NC4)ccc3O2)c2csc(N)n2)C(=O)N1OS(=O)(=O)O. The van der Waals surface area contributed by atoms with Crippen molar-refractivity contribution in [3.05, 3.63) is 46.6 Å². The number of benzene rings is 1. The number of carboxylic acids is 1. The number of anilines is 1. The van der Waals surface area contributed by atoms with Crippen molar-refractivity contribution >= 4 is 61.9 Å². The van der Waals surface area contributed by atoms with Gasteiger partial charge >= 0.3 is 16.4 Å². The lowest BCUT2D eigenvalue weighted by molar-refractivity contribution is -0.218. The van der Waals surface area contributed by atoms with E-state index in [1.165, 1.54) is 26.2 Å². The number of hydrogen-bond donors (Lipinski definition) is 7. The lowest BCUT2D eigenvalue weighted by Gasteiger charge is -2.50. The van der Waals surface area contributed by atoms with Crippen LogP contribution in [0.25, 0.3) is 5.57 Å². The summed E-state index contributed by atoms with van der Waals surface area (Å²) in [5.41, 5.74) is 9.89. The van der Waals surface area contributed by atoms with Gasteiger partial charge in [0.05, 0.1) is 5.54 Å². The van der Waals surface area contributed by atoms with Crippen molar-refractivity contribution in [3.8, 4) is 5.75 Å². The molecule has 5 rings (SSSR count). The van der Waals surface area contributed by atoms with Crippen LogP contribution in [0, 0.1) is 0 Å². The minimum absolute atomic E-state index is 0.0621. The first kappa shape index (κ1) is 36.5. The number of β-lactam (4-membered cyclic amide) rings is 1. The molecule has 3 atom stereocenters. The molecule has 270 valence electrons. The molecule has 0 bridgehead atoms. The predicted octanol–water partition coefficient (Wildman–Crippen LogP) is -0.238. The molecule has 2 aromatic rings. The molecule has 0 aliphatic carbocycles. The maximum absolute atomic E-state index is 13.5. The highest BCUT2D eigenvalue weighted by molar-refractivity contribution is 7.80. The van der Waals surface area contributed by atoms with E-state index in [1.54, 1.807) is 12.3 Å². The minimum atomic E-state index is -5.03. The Morgan fingerprint density at radius 2 is 2.10 bits per heavy atom. The number of nitrogen functional groups attached to an aromatic ring is 1. The molecule has 0 unspecified atom stereocenters. The van der Waals surface area contributed by atoms with E-state index >= 15 is 0 Å². The van der Waals surface area contributed by atoms with Crippen molar-refractivity contribution in [1.29, 1.82) is 0 Å². The molecule has 2 amide bonds. The van der Waals surface area contributed by atoms with E-state index in [2.05, 4.69) is 35.4 Å². The summed E-state index contributed by atoms with van der Waals surface area (Å²) in [7, 11) is -5.03. The molecule has 19 nitrogen and oxygen atoms in total. The number of hydrogen-bond acceptors (Lipinski definition) is 16. The van der Waals surface area contributed by atoms with Crippen molar-refractivity contribution in [2.45, 2.75) is 63.3 Å². The standard InChI is InChI=1S/C29H37N9O10S2/c1-28(2)22(24(40)38(28)48-50(43,44)45)36-23(39)21(18-14-49-26(31)35-18)37-47-29(3,25(41)42)20-8-6-16-11-15(5-7-19(16)46-20)17-12-33-27(34-13-17)32-10-4-9-30/h5,7,11-12,14,20,22H,4,6,8-10,13,30H2,1-3H3,(H2,31,35)(H,36,39)(H,41,42)(H2,32,33,34)(H,43,44,45)/b37-21-/t20-,22-,29+/m1/s1. The molecule has 4 heterocycles. The van der Waals surface area contributed by atoms with Crippen LogP contribution in [0.4, 0.5) is 5.13 Å². The van der Waals surface area contributed by atoms with Gasteiger partial charge in [0.1, 0.15) is 17.5 Å². The topological polar surface area (TPSA) is 282 Å². The third kappa shape index (κ3) is 7.65. The van der Waals surface area contributed by atoms with Crippen molar-refractivity contribution in [1.82, 2.24) is 26.0 Å². The summed E-state index contributed by atoms with van der Waals surface area (Å²) >= 11 is 0.968. The summed E-state index contributed by atoms with van der Waals surface area (Å²) in [6.45, 7) is 5.83. The number of aliphatic carboxylic acids is 1. The lowest BCUT2D eigenvalue weighted by Crippen LogP contribution is -2.76. The summed E-state index contributed by atoms with van der Waals surface area (Å²) in [6.07, 6.45) is 2.21. The number of carboxylic acid groups (broad SMARTS) is 1. The Kier molecular flexibility index (Phi) is 10.3. The molecule has 3 aliphatic heterocycles. The fourth-order valence-electron chi connectivity index (χ4n) is 5.38. The molecule has 3 aliphatic rings. The highest BCUT2D eigenvalue weighted by Crippen LogP contribution is 2.36. The fraction of sp³-hybridized carbons (Fsp3) is 0.448. The van der Waals surface area contributed by atoms with E-state index in [0.717, 1.165) is 34.5 Å². The average Bonchev–Trinajstić information content (AvgIpc) is 3.50. The molecule has 1 aromatic carbocycles. The molecule has 0 radical (unpaired) electrons. The van der Waals surface area contributed by atoms with Gasteiger partial charge in [0.2, 0.25) is 0 Å². The number of carbonyl (C=O) groups excluding carboxylic acids is 2. The predicted molar refractivity (Wildman–Crippen MR) is 180 cm³/mol. The van der Waals surface area contributed by atoms with Crippen LogP contribution in [-0.2, 0) is 40.3 Å². The summed E-state index contributed by atoms with van der Waals surface area (Å²) in [4.78, 5) is 52.8. The van der Waals surface area contributed by atoms with E-state index in [0.29, 0.717) is 42.8 Å². The first-order valence-corrected chi connectivity index (χ1v) is 17.6. The number of ether oxygens (including phenoxy) is 1. The lowest BCUT2D eigenvalue weighted by atomic mass is 9.84. The maximum atomic E-state index is 13.5. The maximum Gasteiger partial charge on any atom is 0.418 e. The van der Waals surface area contributed by atoms with E-state index in [-0.39, 0.29) is 17.2 Å². The van der Waals surface area contributed by atoms with Gasteiger partial charge in [-0.1, -0.05) is 11.2 Å². The fourth-order valence-corrected chi connectivity index (χ4v) is 6.38. The number of hydroxylamine groups is 2. The number of nitrogens with one attached hydrogen (secondary N) is 3. The van der Waals surface area contributed by atoms with Gasteiger partial charge in [-0.25, -0.2) is 14.8 Å². The zero-order valence-corrected chi connectivity index (χ0v) is 28.8. The third-order valence-electron chi connectivity index (χ3n) is 8.31. The largest absolute Gasteiger partial charge is 0.485 e. The zero-order valence-electron chi connectivity index (χ0n) is 27.2. The molecule has 1 saturated heterocycles. The number of amides is 2. The van der Waals surface area contributed by atoms with Gasteiger partial charge in [0.25, 0.3) is 17.4 Å². The molecule has 0 saturated carbocycles. The molecule has 50 heavy (non-hydrogen) atoms. The van der Waals surface area contributed by atoms with Crippen LogP contribution >= 0.6 is 11.3 Å². The van der Waals surface area contributed by atoms with Crippen molar-refractivity contribution < 1.29 is 46.3 Å².